The van der Waals surface area contributed by atoms with E-state index in [-0.39, 0.29) is 18.7 Å². The molecule has 0 amide bonds. The molecule has 0 saturated heterocycles. The zero-order chi connectivity index (χ0) is 20.0. The molecule has 0 N–H and O–H groups in total. The number of aryl methyl sites for hydroxylation is 1. The average molecular weight is 390 g/mol. The molecule has 1 unspecified atom stereocenters. The van der Waals surface area contributed by atoms with Gasteiger partial charge in [-0.25, -0.2) is 9.46 Å². The topological polar surface area (TPSA) is 75.7 Å². The summed E-state index contributed by atoms with van der Waals surface area (Å²) in [4.78, 5) is 11.9. The van der Waals surface area contributed by atoms with Crippen LogP contribution in [0.5, 0.6) is 0 Å². The van der Waals surface area contributed by atoms with Crippen molar-refractivity contribution in [3.8, 4) is 6.07 Å². The van der Waals surface area contributed by atoms with Crippen LogP contribution in [0.2, 0.25) is 0 Å². The zero-order valence-electron chi connectivity index (χ0n) is 16.6. The molecule has 1 atom stereocenters. The van der Waals surface area contributed by atoms with Crippen molar-refractivity contribution in [2.45, 2.75) is 59.7 Å². The van der Waals surface area contributed by atoms with Gasteiger partial charge in [-0.1, -0.05) is 12.1 Å². The number of rotatable bonds is 9. The molecule has 0 aliphatic rings. The maximum atomic E-state index is 11.9. The summed E-state index contributed by atoms with van der Waals surface area (Å²) in [6, 6.07) is 9.76. The molecule has 2 aromatic rings. The Morgan fingerprint density at radius 1 is 1.19 bits per heavy atom. The number of fused-ring (bicyclic) bond motifs is 1. The van der Waals surface area contributed by atoms with Crippen molar-refractivity contribution in [3.63, 3.8) is 0 Å². The Morgan fingerprint density at radius 3 is 2.52 bits per heavy atom. The molecule has 1 aromatic heterocycles. The van der Waals surface area contributed by atoms with Gasteiger partial charge in [-0.15, -0.1) is 0 Å². The Labute approximate surface area is 161 Å². The molecule has 0 fully saturated rings. The summed E-state index contributed by atoms with van der Waals surface area (Å²) < 4.78 is 19.5. The second-order valence-electron chi connectivity index (χ2n) is 6.91. The highest BCUT2D eigenvalue weighted by Crippen LogP contribution is 2.46. The van der Waals surface area contributed by atoms with Gasteiger partial charge in [-0.05, 0) is 51.8 Å². The minimum atomic E-state index is -1.36. The van der Waals surface area contributed by atoms with Gasteiger partial charge in [0.2, 0.25) is 0 Å². The van der Waals surface area contributed by atoms with Crippen LogP contribution in [0, 0.1) is 18.3 Å². The second kappa shape index (κ2) is 9.96. The molecular formula is C20H27N2O4P. The van der Waals surface area contributed by atoms with Crippen LogP contribution in [-0.4, -0.2) is 23.4 Å². The molecule has 0 radical (unpaired) electrons. The van der Waals surface area contributed by atoms with E-state index < -0.39 is 14.2 Å². The Bertz CT molecular complexity index is 849. The fourth-order valence-corrected chi connectivity index (χ4v) is 4.49. The molecular weight excluding hydrogens is 363 g/mol. The summed E-state index contributed by atoms with van der Waals surface area (Å²) in [6.07, 6.45) is 0.309. The van der Waals surface area contributed by atoms with Gasteiger partial charge in [0.1, 0.15) is 5.58 Å². The molecule has 2 rings (SSSR count). The number of nitriles is 1. The van der Waals surface area contributed by atoms with Gasteiger partial charge in [-0.3, -0.25) is 0 Å². The Hall–Kier alpha value is -1.77. The van der Waals surface area contributed by atoms with Crippen LogP contribution in [0.25, 0.3) is 11.0 Å². The monoisotopic (exact) mass is 390 g/mol. The van der Waals surface area contributed by atoms with Crippen molar-refractivity contribution in [2.75, 3.05) is 6.61 Å². The smallest absolute Gasteiger partial charge is 0.336 e. The van der Waals surface area contributed by atoms with Crippen molar-refractivity contribution in [3.05, 3.63) is 45.8 Å². The second-order valence-corrected chi connectivity index (χ2v) is 8.36. The quantitative estimate of drug-likeness (QED) is 0.345. The van der Waals surface area contributed by atoms with Crippen molar-refractivity contribution >= 4 is 19.5 Å². The van der Waals surface area contributed by atoms with E-state index in [0.717, 1.165) is 16.5 Å². The summed E-state index contributed by atoms with van der Waals surface area (Å²) in [6.45, 7) is 10.8. The lowest BCUT2D eigenvalue weighted by Crippen LogP contribution is -2.33. The summed E-state index contributed by atoms with van der Waals surface area (Å²) >= 11 is 0. The van der Waals surface area contributed by atoms with Gasteiger partial charge in [0.15, 0.2) is 0 Å². The fourth-order valence-electron chi connectivity index (χ4n) is 2.89. The van der Waals surface area contributed by atoms with E-state index in [2.05, 4.69) is 38.4 Å². The van der Waals surface area contributed by atoms with Gasteiger partial charge in [0.25, 0.3) is 8.53 Å². The standard InChI is InChI=1S/C20H27N2O4P/c1-14(2)22(15(3)4)27(24-10-6-9-21)25-13-17-12-20(23)26-19-11-16(5)7-8-18(17)19/h7-8,11-12,14-15H,6,10,13H2,1-5H3. The van der Waals surface area contributed by atoms with Crippen molar-refractivity contribution in [1.82, 2.24) is 4.67 Å². The van der Waals surface area contributed by atoms with Crippen molar-refractivity contribution < 1.29 is 13.5 Å². The van der Waals surface area contributed by atoms with E-state index >= 15 is 0 Å². The van der Waals surface area contributed by atoms with Crippen LogP contribution in [0.4, 0.5) is 0 Å². The molecule has 0 aliphatic carbocycles. The molecule has 27 heavy (non-hydrogen) atoms. The van der Waals surface area contributed by atoms with Crippen LogP contribution >= 0.6 is 8.53 Å². The first-order valence-electron chi connectivity index (χ1n) is 9.08. The van der Waals surface area contributed by atoms with E-state index in [1.165, 1.54) is 6.07 Å². The van der Waals surface area contributed by atoms with E-state index in [4.69, 9.17) is 18.7 Å². The van der Waals surface area contributed by atoms with Crippen LogP contribution < -0.4 is 5.63 Å². The number of benzene rings is 1. The van der Waals surface area contributed by atoms with Gasteiger partial charge < -0.3 is 13.5 Å². The third-order valence-corrected chi connectivity index (χ3v) is 6.03. The number of nitrogens with zero attached hydrogens (tertiary/aromatic N) is 2. The minimum absolute atomic E-state index is 0.221. The molecule has 0 bridgehead atoms. The van der Waals surface area contributed by atoms with E-state index in [0.29, 0.717) is 18.6 Å². The molecule has 1 heterocycles. The number of hydrogen-bond acceptors (Lipinski definition) is 6. The Balaban J connectivity index is 2.27. The van der Waals surface area contributed by atoms with Crippen LogP contribution in [-0.2, 0) is 15.7 Å². The van der Waals surface area contributed by atoms with Gasteiger partial charge in [0, 0.05) is 23.5 Å². The molecule has 7 heteroatoms. The molecule has 0 aliphatic heterocycles. The lowest BCUT2D eigenvalue weighted by molar-refractivity contribution is 0.171. The van der Waals surface area contributed by atoms with Crippen LogP contribution in [0.15, 0.2) is 33.5 Å². The first kappa shape index (κ1) is 21.5. The normalized spacial score (nSPS) is 12.9. The maximum Gasteiger partial charge on any atom is 0.336 e. The van der Waals surface area contributed by atoms with Gasteiger partial charge in [-0.2, -0.15) is 5.26 Å². The van der Waals surface area contributed by atoms with Crippen LogP contribution in [0.3, 0.4) is 0 Å². The Kier molecular flexibility index (Phi) is 7.94. The molecule has 6 nitrogen and oxygen atoms in total. The molecule has 0 spiro atoms. The first-order valence-corrected chi connectivity index (χ1v) is 10.2. The van der Waals surface area contributed by atoms with Gasteiger partial charge in [0.05, 0.1) is 25.7 Å². The summed E-state index contributed by atoms with van der Waals surface area (Å²) in [5.41, 5.74) is 1.95. The summed E-state index contributed by atoms with van der Waals surface area (Å²) in [5.74, 6) is 0. The largest absolute Gasteiger partial charge is 0.423 e. The first-order chi connectivity index (χ1) is 12.8. The zero-order valence-corrected chi connectivity index (χ0v) is 17.5. The molecule has 0 saturated carbocycles. The average Bonchev–Trinajstić information content (AvgIpc) is 2.58. The van der Waals surface area contributed by atoms with E-state index in [1.807, 2.05) is 25.1 Å². The lowest BCUT2D eigenvalue weighted by Gasteiger charge is -2.35. The third-order valence-electron chi connectivity index (χ3n) is 3.98. The van der Waals surface area contributed by atoms with Crippen molar-refractivity contribution in [2.24, 2.45) is 0 Å². The maximum absolute atomic E-state index is 11.9. The predicted molar refractivity (Wildman–Crippen MR) is 107 cm³/mol. The third kappa shape index (κ3) is 5.85. The molecule has 1 aromatic carbocycles. The lowest BCUT2D eigenvalue weighted by atomic mass is 10.1. The highest BCUT2D eigenvalue weighted by Gasteiger charge is 2.27. The minimum Gasteiger partial charge on any atom is -0.423 e. The summed E-state index contributed by atoms with van der Waals surface area (Å²) in [5, 5.41) is 9.65. The van der Waals surface area contributed by atoms with Crippen molar-refractivity contribution in [1.29, 1.82) is 5.26 Å². The van der Waals surface area contributed by atoms with Crippen LogP contribution in [0.1, 0.15) is 45.2 Å². The van der Waals surface area contributed by atoms with Gasteiger partial charge >= 0.3 is 5.63 Å². The predicted octanol–water partition coefficient (Wildman–Crippen LogP) is 4.89. The fraction of sp³-hybridized carbons (Fsp3) is 0.500. The Morgan fingerprint density at radius 2 is 1.89 bits per heavy atom. The highest BCUT2D eigenvalue weighted by molar-refractivity contribution is 7.44. The van der Waals surface area contributed by atoms with E-state index in [1.54, 1.807) is 0 Å². The van der Waals surface area contributed by atoms with E-state index in [9.17, 15) is 4.79 Å². The highest BCUT2D eigenvalue weighted by atomic mass is 31.2. The summed E-state index contributed by atoms with van der Waals surface area (Å²) in [7, 11) is -1.36. The molecule has 146 valence electrons. The number of hydrogen-bond donors (Lipinski definition) is 0. The SMILES string of the molecule is Cc1ccc2c(COP(OCCC#N)N(C(C)C)C(C)C)cc(=O)oc2c1.